The molecule has 2 aromatic heterocycles. The Labute approximate surface area is 552 Å². The molecule has 0 saturated heterocycles. The maximum absolute atomic E-state index is 16.2. The molecule has 0 N–H and O–H groups in total. The van der Waals surface area contributed by atoms with E-state index in [9.17, 15) is 116 Å². The van der Waals surface area contributed by atoms with Gasteiger partial charge in [0.15, 0.2) is 0 Å². The number of rotatable bonds is 7. The molecule has 4 nitrogen and oxygen atoms in total. The lowest BCUT2D eigenvalue weighted by Gasteiger charge is -2.22. The zero-order valence-electron chi connectivity index (χ0n) is 49.7. The Morgan fingerprint density at radius 1 is 0.235 bits per heavy atom. The van der Waals surface area contributed by atoms with Crippen LogP contribution in [0.2, 0.25) is 0 Å². The molecular formula is C71H29F27N4. The standard InChI is InChI=1S/C71H29F27N4/c72-63(73,74)38-6-11-43(53(25-38)67(84,85)86)33-2-15-58-48(21-33)49-22-34(44-12-7-39(64(75,76)77)26-54(44)68(87,88)89)3-16-59(49)101(58)42-10-1-37(31-100)47(29-42)52-19-32(30-99)20-57(71(96,97)98)62(52)102-60-17-4-35(45-13-8-40(65(78,79)80)27-55(45)69(90,91)92)23-50(60)51-24-36(5-18-61(51)102)46-14-9-41(66(81,82)83)28-56(46)70(93,94)95/h1-29H. The number of aromatic nitrogens is 2. The highest BCUT2D eigenvalue weighted by Gasteiger charge is 2.44. The summed E-state index contributed by atoms with van der Waals surface area (Å²) in [5, 5.41) is 19.7. The van der Waals surface area contributed by atoms with Crippen molar-refractivity contribution in [3.8, 4) is 79.1 Å². The Balaban J connectivity index is 1.17. The maximum atomic E-state index is 16.2. The zero-order chi connectivity index (χ0) is 74.5. The minimum absolute atomic E-state index is 0.204. The molecule has 0 unspecified atom stereocenters. The summed E-state index contributed by atoms with van der Waals surface area (Å²) >= 11 is 0. The average molecular weight is 1450 g/mol. The fraction of sp³-hybridized carbons (Fsp3) is 0.127. The lowest BCUT2D eigenvalue weighted by atomic mass is 9.92. The highest BCUT2D eigenvalue weighted by Crippen LogP contribution is 2.52. The summed E-state index contributed by atoms with van der Waals surface area (Å²) in [4.78, 5) is 0. The third kappa shape index (κ3) is 12.8. The van der Waals surface area contributed by atoms with Crippen LogP contribution in [0.4, 0.5) is 119 Å². The van der Waals surface area contributed by atoms with Crippen LogP contribution in [0.25, 0.3) is 111 Å². The van der Waals surface area contributed by atoms with Crippen LogP contribution in [0.15, 0.2) is 176 Å². The predicted octanol–water partition coefficient (Wildman–Crippen LogP) is 25.1. The number of benzene rings is 10. The molecule has 10 aromatic carbocycles. The first-order valence-corrected chi connectivity index (χ1v) is 28.7. The lowest BCUT2D eigenvalue weighted by molar-refractivity contribution is -0.144. The van der Waals surface area contributed by atoms with Crippen molar-refractivity contribution in [1.29, 1.82) is 10.5 Å². The van der Waals surface area contributed by atoms with E-state index in [-0.39, 0.29) is 70.0 Å². The van der Waals surface area contributed by atoms with Gasteiger partial charge in [-0.25, -0.2) is 0 Å². The molecule has 0 aliphatic carbocycles. The van der Waals surface area contributed by atoms with E-state index in [0.29, 0.717) is 36.4 Å². The maximum Gasteiger partial charge on any atom is 0.418 e. The van der Waals surface area contributed by atoms with Crippen molar-refractivity contribution in [2.45, 2.75) is 55.6 Å². The molecule has 0 fully saturated rings. The van der Waals surface area contributed by atoms with Gasteiger partial charge in [0.1, 0.15) is 0 Å². The zero-order valence-corrected chi connectivity index (χ0v) is 49.7. The van der Waals surface area contributed by atoms with E-state index in [1.54, 1.807) is 12.1 Å². The molecule has 0 radical (unpaired) electrons. The van der Waals surface area contributed by atoms with Crippen LogP contribution < -0.4 is 0 Å². The van der Waals surface area contributed by atoms with Crippen molar-refractivity contribution >= 4 is 43.6 Å². The van der Waals surface area contributed by atoms with Gasteiger partial charge in [0, 0.05) is 38.4 Å². The molecule has 0 aliphatic heterocycles. The van der Waals surface area contributed by atoms with Gasteiger partial charge in [-0.2, -0.15) is 129 Å². The molecule has 0 amide bonds. The summed E-state index contributed by atoms with van der Waals surface area (Å²) < 4.78 is 396. The van der Waals surface area contributed by atoms with E-state index >= 15 is 13.2 Å². The van der Waals surface area contributed by atoms with Gasteiger partial charge in [-0.3, -0.25) is 0 Å². The van der Waals surface area contributed by atoms with Crippen LogP contribution in [0.1, 0.15) is 61.2 Å². The largest absolute Gasteiger partial charge is 0.418 e. The number of nitriles is 2. The molecule has 12 rings (SSSR count). The normalized spacial score (nSPS) is 13.2. The van der Waals surface area contributed by atoms with Crippen LogP contribution in [0.3, 0.4) is 0 Å². The summed E-state index contributed by atoms with van der Waals surface area (Å²) in [5.41, 5.74) is -28.3. The molecule has 2 heterocycles. The lowest BCUT2D eigenvalue weighted by Crippen LogP contribution is -2.13. The van der Waals surface area contributed by atoms with Gasteiger partial charge in [-0.05, 0) is 172 Å². The van der Waals surface area contributed by atoms with Gasteiger partial charge >= 0.3 is 55.6 Å². The molecule has 0 bridgehead atoms. The summed E-state index contributed by atoms with van der Waals surface area (Å²) in [7, 11) is 0. The van der Waals surface area contributed by atoms with Gasteiger partial charge in [-0.1, -0.05) is 48.5 Å². The minimum Gasteiger partial charge on any atom is -0.309 e. The molecular weight excluding hydrogens is 1420 g/mol. The van der Waals surface area contributed by atoms with Crippen LogP contribution in [-0.2, 0) is 55.6 Å². The van der Waals surface area contributed by atoms with E-state index in [4.69, 9.17) is 0 Å². The summed E-state index contributed by atoms with van der Waals surface area (Å²) in [5.74, 6) is 0. The van der Waals surface area contributed by atoms with Gasteiger partial charge in [0.2, 0.25) is 0 Å². The molecule has 31 heteroatoms. The Bertz CT molecular complexity index is 5270. The Morgan fingerprint density at radius 3 is 0.794 bits per heavy atom. The first kappa shape index (κ1) is 70.7. The molecule has 522 valence electrons. The molecule has 0 aliphatic rings. The second-order valence-electron chi connectivity index (χ2n) is 23.0. The Hall–Kier alpha value is -11.1. The van der Waals surface area contributed by atoms with Crippen molar-refractivity contribution in [2.24, 2.45) is 0 Å². The number of hydrogen-bond acceptors (Lipinski definition) is 2. The second-order valence-corrected chi connectivity index (χ2v) is 23.0. The van der Waals surface area contributed by atoms with Gasteiger partial charge in [-0.15, -0.1) is 0 Å². The second kappa shape index (κ2) is 23.8. The number of hydrogen-bond donors (Lipinski definition) is 0. The van der Waals surface area contributed by atoms with E-state index in [1.165, 1.54) is 0 Å². The monoisotopic (exact) mass is 1450 g/mol. The van der Waals surface area contributed by atoms with Crippen LogP contribution in [-0.4, -0.2) is 9.13 Å². The fourth-order valence-corrected chi connectivity index (χ4v) is 12.4. The Morgan fingerprint density at radius 2 is 0.529 bits per heavy atom. The fourth-order valence-electron chi connectivity index (χ4n) is 12.4. The third-order valence-corrected chi connectivity index (χ3v) is 16.8. The summed E-state index contributed by atoms with van der Waals surface area (Å²) in [6.07, 6.45) is -49.3. The van der Waals surface area contributed by atoms with Crippen molar-refractivity contribution in [1.82, 2.24) is 9.13 Å². The number of halogens is 27. The minimum atomic E-state index is -5.66. The quantitative estimate of drug-likeness (QED) is 0.149. The first-order valence-electron chi connectivity index (χ1n) is 28.7. The predicted molar refractivity (Wildman–Crippen MR) is 317 cm³/mol. The molecule has 102 heavy (non-hydrogen) atoms. The van der Waals surface area contributed by atoms with E-state index in [2.05, 4.69) is 0 Å². The van der Waals surface area contributed by atoms with E-state index < -0.39 is 200 Å². The molecule has 0 spiro atoms. The van der Waals surface area contributed by atoms with Crippen molar-refractivity contribution in [3.63, 3.8) is 0 Å². The third-order valence-electron chi connectivity index (χ3n) is 16.8. The Kier molecular flexibility index (Phi) is 16.5. The first-order chi connectivity index (χ1) is 47.2. The summed E-state index contributed by atoms with van der Waals surface area (Å²) in [6.45, 7) is 0. The smallest absolute Gasteiger partial charge is 0.309 e. The number of alkyl halides is 27. The highest BCUT2D eigenvalue weighted by molar-refractivity contribution is 6.14. The van der Waals surface area contributed by atoms with E-state index in [0.717, 1.165) is 106 Å². The summed E-state index contributed by atoms with van der Waals surface area (Å²) in [6, 6.07) is 20.1. The van der Waals surface area contributed by atoms with Gasteiger partial charge < -0.3 is 9.13 Å². The van der Waals surface area contributed by atoms with Crippen LogP contribution in [0, 0.1) is 22.7 Å². The van der Waals surface area contributed by atoms with Crippen molar-refractivity contribution in [2.75, 3.05) is 0 Å². The SMILES string of the molecule is N#Cc1cc(-c2cc(-n3c4ccc(-c5ccc(C(F)(F)F)cc5C(F)(F)F)cc4c4cc(-c5ccc(C(F)(F)F)cc5C(F)(F)F)ccc43)ccc2C#N)c(-n2c3ccc(-c4ccc(C(F)(F)F)cc4C(F)(F)F)cc3c3cc(-c4ccc(C(F)(F)F)cc4C(F)(F)F)ccc32)c(C(F)(F)F)c1. The van der Waals surface area contributed by atoms with E-state index in [1.807, 2.05) is 0 Å². The highest BCUT2D eigenvalue weighted by atomic mass is 19.4. The molecule has 0 saturated carbocycles. The number of nitrogens with zero attached hydrogens (tertiary/aromatic N) is 4. The molecule has 0 atom stereocenters. The van der Waals surface area contributed by atoms with Crippen LogP contribution in [0.5, 0.6) is 0 Å². The van der Waals surface area contributed by atoms with Gasteiger partial charge in [0.25, 0.3) is 0 Å². The van der Waals surface area contributed by atoms with Gasteiger partial charge in [0.05, 0.1) is 101 Å². The average Bonchev–Trinajstić information content (AvgIpc) is 1.54. The number of fused-ring (bicyclic) bond motifs is 6. The molecule has 12 aromatic rings. The van der Waals surface area contributed by atoms with Crippen LogP contribution >= 0.6 is 0 Å². The van der Waals surface area contributed by atoms with Crippen molar-refractivity contribution < 1.29 is 119 Å². The topological polar surface area (TPSA) is 57.4 Å². The van der Waals surface area contributed by atoms with Crippen molar-refractivity contribution in [3.05, 3.63) is 237 Å².